The molecule has 0 aromatic heterocycles. The summed E-state index contributed by atoms with van der Waals surface area (Å²) in [5, 5.41) is 3.26. The molecule has 1 atom stereocenters. The van der Waals surface area contributed by atoms with Gasteiger partial charge in [-0.2, -0.15) is 0 Å². The number of carbonyl (C=O) groups excluding carboxylic acids is 1. The van der Waals surface area contributed by atoms with Gasteiger partial charge in [0.25, 0.3) is 0 Å². The second-order valence-electron chi connectivity index (χ2n) is 3.51. The molecule has 0 amide bonds. The summed E-state index contributed by atoms with van der Waals surface area (Å²) in [7, 11) is 1.45. The maximum absolute atomic E-state index is 11.0. The maximum Gasteiger partial charge on any atom is 0.322 e. The van der Waals surface area contributed by atoms with Crippen molar-refractivity contribution in [1.29, 1.82) is 0 Å². The fourth-order valence-electron chi connectivity index (χ4n) is 2.06. The number of esters is 1. The van der Waals surface area contributed by atoms with Crippen molar-refractivity contribution in [3.63, 3.8) is 0 Å². The SMILES string of the molecule is COC(=O)C1CC2CC(C2)N1. The van der Waals surface area contributed by atoms with Gasteiger partial charge in [-0.1, -0.05) is 0 Å². The molecule has 2 heterocycles. The molecule has 1 N–H and O–H groups in total. The van der Waals surface area contributed by atoms with Gasteiger partial charge in [0.2, 0.25) is 0 Å². The van der Waals surface area contributed by atoms with Crippen molar-refractivity contribution in [3.8, 4) is 0 Å². The Balaban J connectivity index is 1.92. The van der Waals surface area contributed by atoms with Gasteiger partial charge in [-0.3, -0.25) is 4.79 Å². The fourth-order valence-corrected chi connectivity index (χ4v) is 2.06. The Bertz CT molecular complexity index is 165. The minimum atomic E-state index is -0.0978. The topological polar surface area (TPSA) is 38.3 Å². The summed E-state index contributed by atoms with van der Waals surface area (Å²) in [5.74, 6) is 0.685. The van der Waals surface area contributed by atoms with E-state index in [-0.39, 0.29) is 12.0 Å². The Morgan fingerprint density at radius 1 is 1.45 bits per heavy atom. The summed E-state index contributed by atoms with van der Waals surface area (Å²) in [6.45, 7) is 0. The van der Waals surface area contributed by atoms with Crippen molar-refractivity contribution < 1.29 is 9.53 Å². The molecule has 3 aliphatic rings. The van der Waals surface area contributed by atoms with Crippen LogP contribution in [0, 0.1) is 5.92 Å². The third-order valence-corrected chi connectivity index (χ3v) is 2.73. The van der Waals surface area contributed by atoms with E-state index in [9.17, 15) is 4.79 Å². The average Bonchev–Trinajstić information content (AvgIpc) is 2.02. The second kappa shape index (κ2) is 2.48. The molecule has 1 unspecified atom stereocenters. The molecule has 2 bridgehead atoms. The van der Waals surface area contributed by atoms with E-state index in [0.717, 1.165) is 12.3 Å². The molecule has 3 heteroatoms. The Kier molecular flexibility index (Phi) is 1.60. The highest BCUT2D eigenvalue weighted by Gasteiger charge is 2.40. The Morgan fingerprint density at radius 3 is 2.64 bits per heavy atom. The van der Waals surface area contributed by atoms with E-state index in [2.05, 4.69) is 10.1 Å². The molecule has 62 valence electrons. The van der Waals surface area contributed by atoms with Gasteiger partial charge in [-0.25, -0.2) is 0 Å². The van der Waals surface area contributed by atoms with E-state index in [1.165, 1.54) is 20.0 Å². The van der Waals surface area contributed by atoms with Crippen LogP contribution in [0.1, 0.15) is 19.3 Å². The number of piperidine rings is 2. The van der Waals surface area contributed by atoms with Crippen molar-refractivity contribution in [2.45, 2.75) is 31.3 Å². The lowest BCUT2D eigenvalue weighted by Crippen LogP contribution is -2.57. The smallest absolute Gasteiger partial charge is 0.322 e. The van der Waals surface area contributed by atoms with Crippen LogP contribution in [0.15, 0.2) is 0 Å². The molecule has 0 aromatic carbocycles. The first-order valence-corrected chi connectivity index (χ1v) is 4.13. The molecular formula is C8H13NO2. The monoisotopic (exact) mass is 155 g/mol. The van der Waals surface area contributed by atoms with Gasteiger partial charge in [0.05, 0.1) is 7.11 Å². The lowest BCUT2D eigenvalue weighted by Gasteiger charge is -2.45. The number of rotatable bonds is 1. The summed E-state index contributed by atoms with van der Waals surface area (Å²) in [4.78, 5) is 11.0. The summed E-state index contributed by atoms with van der Waals surface area (Å²) in [5.41, 5.74) is 0. The van der Waals surface area contributed by atoms with Crippen LogP contribution >= 0.6 is 0 Å². The number of hydrogen-bond donors (Lipinski definition) is 1. The van der Waals surface area contributed by atoms with E-state index in [0.29, 0.717) is 6.04 Å². The average molecular weight is 155 g/mol. The van der Waals surface area contributed by atoms with Gasteiger partial charge >= 0.3 is 5.97 Å². The lowest BCUT2D eigenvalue weighted by molar-refractivity contribution is -0.146. The van der Waals surface area contributed by atoms with E-state index in [1.807, 2.05) is 0 Å². The van der Waals surface area contributed by atoms with Crippen molar-refractivity contribution in [2.75, 3.05) is 7.11 Å². The van der Waals surface area contributed by atoms with Gasteiger partial charge in [0, 0.05) is 6.04 Å². The normalized spacial score (nSPS) is 41.0. The van der Waals surface area contributed by atoms with E-state index in [4.69, 9.17) is 0 Å². The largest absolute Gasteiger partial charge is 0.468 e. The number of nitrogens with one attached hydrogen (secondary N) is 1. The van der Waals surface area contributed by atoms with Gasteiger partial charge in [-0.15, -0.1) is 0 Å². The highest BCUT2D eigenvalue weighted by molar-refractivity contribution is 5.76. The van der Waals surface area contributed by atoms with Gasteiger partial charge < -0.3 is 10.1 Å². The molecule has 0 spiro atoms. The minimum Gasteiger partial charge on any atom is -0.468 e. The van der Waals surface area contributed by atoms with Crippen LogP contribution < -0.4 is 5.32 Å². The number of methoxy groups -OCH3 is 1. The molecule has 0 aromatic rings. The standard InChI is InChI=1S/C8H13NO2/c1-11-8(10)7-4-5-2-6(3-5)9-7/h5-7,9H,2-4H2,1H3. The van der Waals surface area contributed by atoms with E-state index < -0.39 is 0 Å². The second-order valence-corrected chi connectivity index (χ2v) is 3.51. The van der Waals surface area contributed by atoms with Crippen molar-refractivity contribution in [3.05, 3.63) is 0 Å². The molecule has 1 aliphatic carbocycles. The van der Waals surface area contributed by atoms with E-state index in [1.54, 1.807) is 0 Å². The quantitative estimate of drug-likeness (QED) is 0.553. The molecule has 2 saturated heterocycles. The Morgan fingerprint density at radius 2 is 2.18 bits per heavy atom. The van der Waals surface area contributed by atoms with Gasteiger partial charge in [0.1, 0.15) is 6.04 Å². The number of hydrogen-bond acceptors (Lipinski definition) is 3. The molecule has 3 fully saturated rings. The number of ether oxygens (including phenoxy) is 1. The summed E-state index contributed by atoms with van der Waals surface area (Å²) in [6.07, 6.45) is 3.49. The molecule has 11 heavy (non-hydrogen) atoms. The van der Waals surface area contributed by atoms with Crippen LogP contribution in [0.2, 0.25) is 0 Å². The summed E-state index contributed by atoms with van der Waals surface area (Å²) < 4.78 is 4.66. The zero-order valence-electron chi connectivity index (χ0n) is 6.67. The summed E-state index contributed by atoms with van der Waals surface area (Å²) >= 11 is 0. The highest BCUT2D eigenvalue weighted by atomic mass is 16.5. The highest BCUT2D eigenvalue weighted by Crippen LogP contribution is 2.36. The van der Waals surface area contributed by atoms with Gasteiger partial charge in [0.15, 0.2) is 0 Å². The third-order valence-electron chi connectivity index (χ3n) is 2.73. The predicted octanol–water partition coefficient (Wildman–Crippen LogP) is 0.300. The van der Waals surface area contributed by atoms with Crippen LogP contribution in [0.5, 0.6) is 0 Å². The Hall–Kier alpha value is -0.570. The first kappa shape index (κ1) is 7.10. The van der Waals surface area contributed by atoms with E-state index >= 15 is 0 Å². The van der Waals surface area contributed by atoms with Crippen molar-refractivity contribution in [1.82, 2.24) is 5.32 Å². The zero-order valence-corrected chi connectivity index (χ0v) is 6.67. The molecule has 3 nitrogen and oxygen atoms in total. The van der Waals surface area contributed by atoms with Gasteiger partial charge in [-0.05, 0) is 25.2 Å². The minimum absolute atomic E-state index is 0.0162. The fraction of sp³-hybridized carbons (Fsp3) is 0.875. The molecule has 0 radical (unpaired) electrons. The molecule has 2 aliphatic heterocycles. The molecular weight excluding hydrogens is 142 g/mol. The first-order chi connectivity index (χ1) is 5.29. The van der Waals surface area contributed by atoms with Crippen LogP contribution in [0.3, 0.4) is 0 Å². The van der Waals surface area contributed by atoms with Crippen LogP contribution in [0.25, 0.3) is 0 Å². The number of carbonyl (C=O) groups is 1. The lowest BCUT2D eigenvalue weighted by atomic mass is 9.72. The van der Waals surface area contributed by atoms with Crippen LogP contribution in [0.4, 0.5) is 0 Å². The van der Waals surface area contributed by atoms with Crippen LogP contribution in [-0.2, 0) is 9.53 Å². The maximum atomic E-state index is 11.0. The molecule has 3 rings (SSSR count). The van der Waals surface area contributed by atoms with Crippen molar-refractivity contribution in [2.24, 2.45) is 5.92 Å². The van der Waals surface area contributed by atoms with Crippen LogP contribution in [-0.4, -0.2) is 25.2 Å². The zero-order chi connectivity index (χ0) is 7.84. The first-order valence-electron chi connectivity index (χ1n) is 4.13. The number of fused-ring (bicyclic) bond motifs is 2. The summed E-state index contributed by atoms with van der Waals surface area (Å²) in [6, 6.07) is 0.579. The van der Waals surface area contributed by atoms with Crippen molar-refractivity contribution >= 4 is 5.97 Å². The predicted molar refractivity (Wildman–Crippen MR) is 40.1 cm³/mol. The Labute approximate surface area is 66.1 Å². The third kappa shape index (κ3) is 1.13. The molecule has 1 saturated carbocycles.